The van der Waals surface area contributed by atoms with Gasteiger partial charge in [0.15, 0.2) is 4.91 Å². The van der Waals surface area contributed by atoms with E-state index in [1.54, 1.807) is 24.3 Å². The smallest absolute Gasteiger partial charge is 0.269 e. The molecule has 0 saturated heterocycles. The van der Waals surface area contributed by atoms with Crippen LogP contribution in [0.1, 0.15) is 11.1 Å². The van der Waals surface area contributed by atoms with Crippen LogP contribution >= 0.6 is 11.3 Å². The third-order valence-corrected chi connectivity index (χ3v) is 7.19. The van der Waals surface area contributed by atoms with Crippen molar-refractivity contribution >= 4 is 32.2 Å². The first-order valence-electron chi connectivity index (χ1n) is 8.72. The molecule has 7 heteroatoms. The third-order valence-electron chi connectivity index (χ3n) is 4.21. The maximum atomic E-state index is 13.1. The Morgan fingerprint density at radius 1 is 1.17 bits per heavy atom. The van der Waals surface area contributed by atoms with Crippen LogP contribution in [0.5, 0.6) is 0 Å². The summed E-state index contributed by atoms with van der Waals surface area (Å²) in [6.45, 7) is 5.58. The minimum absolute atomic E-state index is 0.0132. The number of thiazole rings is 1. The molecule has 0 radical (unpaired) electrons. The number of aryl methyl sites for hydroxylation is 1. The molecule has 1 aromatic heterocycles. The number of rotatable bonds is 5. The molecule has 0 aliphatic carbocycles. The lowest BCUT2D eigenvalue weighted by atomic mass is 10.2. The van der Waals surface area contributed by atoms with Crippen LogP contribution in [0.4, 0.5) is 0 Å². The Bertz CT molecular complexity index is 1370. The molecular weight excluding hydrogens is 404 g/mol. The Labute approximate surface area is 172 Å². The summed E-state index contributed by atoms with van der Waals surface area (Å²) in [7, 11) is -4.08. The molecule has 0 fully saturated rings. The summed E-state index contributed by atoms with van der Waals surface area (Å²) in [5.41, 5.74) is 1.35. The summed E-state index contributed by atoms with van der Waals surface area (Å²) in [5, 5.41) is 9.70. The minimum Gasteiger partial charge on any atom is -0.293 e. The van der Waals surface area contributed by atoms with Gasteiger partial charge in [-0.2, -0.15) is 5.26 Å². The van der Waals surface area contributed by atoms with Crippen molar-refractivity contribution in [1.29, 1.82) is 5.26 Å². The molecule has 0 bridgehead atoms. The molecule has 0 unspecified atom stereocenters. The van der Waals surface area contributed by atoms with E-state index >= 15 is 0 Å². The van der Waals surface area contributed by atoms with E-state index in [4.69, 9.17) is 0 Å². The summed E-state index contributed by atoms with van der Waals surface area (Å²) >= 11 is 0.987. The Kier molecular flexibility index (Phi) is 5.97. The van der Waals surface area contributed by atoms with Gasteiger partial charge in [0, 0.05) is 6.54 Å². The average Bonchev–Trinajstić information content (AvgIpc) is 2.99. The fraction of sp³-hybridized carbons (Fsp3) is 0.0909. The predicted octanol–water partition coefficient (Wildman–Crippen LogP) is 2.34. The van der Waals surface area contributed by atoms with Gasteiger partial charge in [0.05, 0.1) is 9.43 Å². The van der Waals surface area contributed by atoms with Gasteiger partial charge in [-0.05, 0) is 30.7 Å². The summed E-state index contributed by atoms with van der Waals surface area (Å²) in [5.74, 6) is 0. The zero-order chi connectivity index (χ0) is 21.0. The first-order valence-corrected chi connectivity index (χ1v) is 11.0. The summed E-state index contributed by atoms with van der Waals surface area (Å²) in [4.78, 5) is 12.5. The molecule has 0 atom stereocenters. The Morgan fingerprint density at radius 2 is 1.83 bits per heavy atom. The van der Waals surface area contributed by atoms with Crippen LogP contribution < -0.4 is 14.8 Å². The number of allylic oxidation sites excluding steroid dienone is 1. The lowest BCUT2D eigenvalue weighted by Crippen LogP contribution is -2.32. The molecule has 2 aromatic carbocycles. The number of benzene rings is 2. The second-order valence-electron chi connectivity index (χ2n) is 6.29. The van der Waals surface area contributed by atoms with Crippen LogP contribution in [0.25, 0.3) is 11.0 Å². The van der Waals surface area contributed by atoms with E-state index in [2.05, 4.69) is 6.58 Å². The van der Waals surface area contributed by atoms with Gasteiger partial charge in [0.1, 0.15) is 10.7 Å². The van der Waals surface area contributed by atoms with E-state index < -0.39 is 14.7 Å². The van der Waals surface area contributed by atoms with Gasteiger partial charge in [-0.3, -0.25) is 9.36 Å². The van der Waals surface area contributed by atoms with Crippen molar-refractivity contribution in [3.05, 3.63) is 97.9 Å². The normalized spacial score (nSPS) is 13.0. The number of hydrogen-bond acceptors (Lipinski definition) is 5. The zero-order valence-corrected chi connectivity index (χ0v) is 17.3. The Hall–Kier alpha value is -3.21. The topological polar surface area (TPSA) is 79.9 Å². The first-order chi connectivity index (χ1) is 13.9. The lowest BCUT2D eigenvalue weighted by molar-refractivity contribution is 0.605. The largest absolute Gasteiger partial charge is 0.293 e. The van der Waals surface area contributed by atoms with E-state index in [-0.39, 0.29) is 21.7 Å². The van der Waals surface area contributed by atoms with Gasteiger partial charge >= 0.3 is 0 Å². The van der Waals surface area contributed by atoms with E-state index in [1.807, 2.05) is 37.3 Å². The zero-order valence-electron chi connectivity index (χ0n) is 15.7. The molecular formula is C22H18N2O3S2. The molecule has 3 rings (SSSR count). The number of hydrogen-bond donors (Lipinski definition) is 0. The molecule has 0 spiro atoms. The van der Waals surface area contributed by atoms with Gasteiger partial charge < -0.3 is 0 Å². The highest BCUT2D eigenvalue weighted by Crippen LogP contribution is 2.19. The predicted molar refractivity (Wildman–Crippen MR) is 115 cm³/mol. The van der Waals surface area contributed by atoms with Crippen LogP contribution in [0.3, 0.4) is 0 Å². The number of sulfone groups is 1. The lowest BCUT2D eigenvalue weighted by Gasteiger charge is -2.04. The molecule has 0 saturated carbocycles. The molecule has 146 valence electrons. The van der Waals surface area contributed by atoms with E-state index in [9.17, 15) is 18.5 Å². The van der Waals surface area contributed by atoms with Crippen LogP contribution in [0.15, 0.2) is 76.9 Å². The molecule has 3 aromatic rings. The maximum absolute atomic E-state index is 13.1. The molecule has 1 heterocycles. The Morgan fingerprint density at radius 3 is 2.41 bits per heavy atom. The quantitative estimate of drug-likeness (QED) is 0.591. The van der Waals surface area contributed by atoms with E-state index in [1.165, 1.54) is 22.8 Å². The van der Waals surface area contributed by atoms with Crippen molar-refractivity contribution in [2.24, 2.45) is 0 Å². The standard InChI is InChI=1S/C22H18N2O3S2/c1-3-13-24-21(25)19(14-17-7-5-4-6-8-17)28-22(24)20(15-23)29(26,27)18-11-9-16(2)10-12-18/h3-12,14H,1,13H2,2H3/b19-14-,22-20-. The average molecular weight is 423 g/mol. The second-order valence-corrected chi connectivity index (χ2v) is 9.21. The highest BCUT2D eigenvalue weighted by molar-refractivity contribution is 8.00. The fourth-order valence-electron chi connectivity index (χ4n) is 2.74. The van der Waals surface area contributed by atoms with Crippen LogP contribution in [0.2, 0.25) is 0 Å². The summed E-state index contributed by atoms with van der Waals surface area (Å²) < 4.78 is 27.9. The molecule has 29 heavy (non-hydrogen) atoms. The van der Waals surface area contributed by atoms with E-state index in [0.29, 0.717) is 4.53 Å². The van der Waals surface area contributed by atoms with E-state index in [0.717, 1.165) is 22.5 Å². The first kappa shape index (κ1) is 20.5. The summed E-state index contributed by atoms with van der Waals surface area (Å²) in [6, 6.07) is 17.3. The fourth-order valence-corrected chi connectivity index (χ4v) is 5.39. The van der Waals surface area contributed by atoms with Gasteiger partial charge in [0.25, 0.3) is 5.56 Å². The third kappa shape index (κ3) is 4.14. The number of nitriles is 1. The molecule has 0 aliphatic heterocycles. The second kappa shape index (κ2) is 8.43. The van der Waals surface area contributed by atoms with Crippen molar-refractivity contribution in [1.82, 2.24) is 4.57 Å². The molecule has 0 N–H and O–H groups in total. The van der Waals surface area contributed by atoms with Crippen molar-refractivity contribution in [3.8, 4) is 6.07 Å². The highest BCUT2D eigenvalue weighted by Gasteiger charge is 2.24. The van der Waals surface area contributed by atoms with Gasteiger partial charge in [-0.25, -0.2) is 8.42 Å². The van der Waals surface area contributed by atoms with Crippen molar-refractivity contribution in [2.75, 3.05) is 0 Å². The SMILES string of the molecule is C=CCn1c(=O)/c(=C/c2ccccc2)s/c1=C(/C#N)S(=O)(=O)c1ccc(C)cc1. The minimum atomic E-state index is -4.08. The summed E-state index contributed by atoms with van der Waals surface area (Å²) in [6.07, 6.45) is 3.18. The van der Waals surface area contributed by atoms with Crippen molar-refractivity contribution in [3.63, 3.8) is 0 Å². The van der Waals surface area contributed by atoms with Gasteiger partial charge in [-0.1, -0.05) is 54.1 Å². The van der Waals surface area contributed by atoms with Crippen molar-refractivity contribution in [2.45, 2.75) is 18.4 Å². The molecule has 0 amide bonds. The maximum Gasteiger partial charge on any atom is 0.269 e. The van der Waals surface area contributed by atoms with Crippen molar-refractivity contribution < 1.29 is 8.42 Å². The van der Waals surface area contributed by atoms with Gasteiger partial charge in [0.2, 0.25) is 9.84 Å². The molecule has 5 nitrogen and oxygen atoms in total. The molecule has 0 aliphatic rings. The van der Waals surface area contributed by atoms with Gasteiger partial charge in [-0.15, -0.1) is 17.9 Å². The number of aromatic nitrogens is 1. The van der Waals surface area contributed by atoms with Crippen LogP contribution in [-0.4, -0.2) is 13.0 Å². The van der Waals surface area contributed by atoms with Crippen LogP contribution in [0, 0.1) is 18.3 Å². The highest BCUT2D eigenvalue weighted by atomic mass is 32.2. The number of nitrogens with zero attached hydrogens (tertiary/aromatic N) is 2. The van der Waals surface area contributed by atoms with Crippen LogP contribution in [-0.2, 0) is 16.4 Å². The monoisotopic (exact) mass is 422 g/mol. The Balaban J connectivity index is 2.36.